The van der Waals surface area contributed by atoms with Gasteiger partial charge in [-0.25, -0.2) is 4.79 Å². The second-order valence-corrected chi connectivity index (χ2v) is 5.17. The van der Waals surface area contributed by atoms with Crippen molar-refractivity contribution in [2.24, 2.45) is 0 Å². The van der Waals surface area contributed by atoms with Gasteiger partial charge in [0.1, 0.15) is 0 Å². The number of esters is 2. The summed E-state index contributed by atoms with van der Waals surface area (Å²) in [7, 11) is 0. The van der Waals surface area contributed by atoms with E-state index < -0.39 is 18.2 Å². The van der Waals surface area contributed by atoms with E-state index in [2.05, 4.69) is 0 Å². The fourth-order valence-corrected chi connectivity index (χ4v) is 2.39. The van der Waals surface area contributed by atoms with Gasteiger partial charge in [-0.3, -0.25) is 4.79 Å². The molecule has 23 heavy (non-hydrogen) atoms. The van der Waals surface area contributed by atoms with Crippen molar-refractivity contribution in [2.45, 2.75) is 33.5 Å². The Morgan fingerprint density at radius 2 is 1.74 bits per heavy atom. The van der Waals surface area contributed by atoms with Crippen LogP contribution in [0, 0.1) is 0 Å². The Morgan fingerprint density at radius 3 is 2.35 bits per heavy atom. The number of aryl methyl sites for hydroxylation is 1. The zero-order valence-electron chi connectivity index (χ0n) is 13.5. The van der Waals surface area contributed by atoms with E-state index in [1.54, 1.807) is 6.07 Å². The molecule has 0 radical (unpaired) electrons. The van der Waals surface area contributed by atoms with Crippen LogP contribution in [0.15, 0.2) is 48.5 Å². The van der Waals surface area contributed by atoms with Crippen molar-refractivity contribution in [1.29, 1.82) is 0 Å². The summed E-state index contributed by atoms with van der Waals surface area (Å²) in [6, 6.07) is 15.5. The van der Waals surface area contributed by atoms with Crippen LogP contribution in [0.25, 0.3) is 11.1 Å². The maximum absolute atomic E-state index is 12.1. The smallest absolute Gasteiger partial charge is 0.341 e. The number of carbonyl (C=O) groups is 2. The van der Waals surface area contributed by atoms with Gasteiger partial charge in [-0.1, -0.05) is 43.3 Å². The molecular weight excluding hydrogens is 292 g/mol. The highest BCUT2D eigenvalue weighted by molar-refractivity contribution is 5.90. The Labute approximate surface area is 136 Å². The number of ether oxygens (including phenoxy) is 2. The molecule has 0 saturated carbocycles. The minimum atomic E-state index is -0.904. The summed E-state index contributed by atoms with van der Waals surface area (Å²) in [6.07, 6.45) is -0.107. The average molecular weight is 312 g/mol. The summed E-state index contributed by atoms with van der Waals surface area (Å²) in [5, 5.41) is 0. The third-order valence-electron chi connectivity index (χ3n) is 3.41. The van der Waals surface area contributed by atoms with E-state index in [0.717, 1.165) is 23.1 Å². The van der Waals surface area contributed by atoms with Crippen LogP contribution in [0.1, 0.15) is 36.7 Å². The van der Waals surface area contributed by atoms with Crippen molar-refractivity contribution in [2.75, 3.05) is 0 Å². The van der Waals surface area contributed by atoms with Gasteiger partial charge in [-0.15, -0.1) is 0 Å². The van der Waals surface area contributed by atoms with E-state index in [9.17, 15) is 9.59 Å². The number of carbonyl (C=O) groups excluding carboxylic acids is 2. The molecule has 4 heteroatoms. The lowest BCUT2D eigenvalue weighted by Crippen LogP contribution is -2.20. The molecule has 0 aliphatic heterocycles. The van der Waals surface area contributed by atoms with Gasteiger partial charge >= 0.3 is 11.9 Å². The Morgan fingerprint density at radius 1 is 1.04 bits per heavy atom. The Balaban J connectivity index is 2.22. The largest absolute Gasteiger partial charge is 0.426 e. The fourth-order valence-electron chi connectivity index (χ4n) is 2.39. The molecule has 1 unspecified atom stereocenters. The maximum atomic E-state index is 12.1. The van der Waals surface area contributed by atoms with Gasteiger partial charge in [0.05, 0.1) is 5.56 Å². The molecule has 4 nitrogen and oxygen atoms in total. The SMILES string of the molecule is CCc1cc(C(=O)OC(C)OC(C)=O)ccc1-c1ccccc1. The summed E-state index contributed by atoms with van der Waals surface area (Å²) in [6.45, 7) is 4.82. The third kappa shape index (κ3) is 4.42. The van der Waals surface area contributed by atoms with Crippen LogP contribution in [-0.2, 0) is 20.7 Å². The van der Waals surface area contributed by atoms with Crippen LogP contribution in [0.2, 0.25) is 0 Å². The highest BCUT2D eigenvalue weighted by atomic mass is 16.7. The first-order valence-electron chi connectivity index (χ1n) is 7.57. The lowest BCUT2D eigenvalue weighted by Gasteiger charge is -2.14. The van der Waals surface area contributed by atoms with Crippen molar-refractivity contribution in [1.82, 2.24) is 0 Å². The highest BCUT2D eigenvalue weighted by Crippen LogP contribution is 2.25. The summed E-state index contributed by atoms with van der Waals surface area (Å²) in [4.78, 5) is 23.0. The molecule has 0 fully saturated rings. The van der Waals surface area contributed by atoms with E-state index in [4.69, 9.17) is 9.47 Å². The third-order valence-corrected chi connectivity index (χ3v) is 3.41. The fraction of sp³-hybridized carbons (Fsp3) is 0.263. The number of hydrogen-bond acceptors (Lipinski definition) is 4. The van der Waals surface area contributed by atoms with Gasteiger partial charge in [-0.2, -0.15) is 0 Å². The molecule has 2 aromatic rings. The van der Waals surface area contributed by atoms with Crippen LogP contribution >= 0.6 is 0 Å². The second-order valence-electron chi connectivity index (χ2n) is 5.17. The summed E-state index contributed by atoms with van der Waals surface area (Å²) in [5.74, 6) is -0.993. The highest BCUT2D eigenvalue weighted by Gasteiger charge is 2.15. The molecular formula is C19H20O4. The zero-order chi connectivity index (χ0) is 16.8. The minimum absolute atomic E-state index is 0.445. The molecule has 0 saturated heterocycles. The van der Waals surface area contributed by atoms with Gasteiger partial charge in [0.15, 0.2) is 0 Å². The van der Waals surface area contributed by atoms with Crippen LogP contribution in [0.4, 0.5) is 0 Å². The first-order chi connectivity index (χ1) is 11.0. The van der Waals surface area contributed by atoms with Crippen LogP contribution in [0.3, 0.4) is 0 Å². The summed E-state index contributed by atoms with van der Waals surface area (Å²) in [5.41, 5.74) is 3.71. The van der Waals surface area contributed by atoms with Gasteiger partial charge < -0.3 is 9.47 Å². The zero-order valence-corrected chi connectivity index (χ0v) is 13.5. The van der Waals surface area contributed by atoms with Crippen molar-refractivity contribution < 1.29 is 19.1 Å². The molecule has 0 aromatic heterocycles. The summed E-state index contributed by atoms with van der Waals surface area (Å²) >= 11 is 0. The molecule has 0 aliphatic carbocycles. The van der Waals surface area contributed by atoms with E-state index in [0.29, 0.717) is 5.56 Å². The molecule has 0 aliphatic rings. The molecule has 0 heterocycles. The molecule has 0 bridgehead atoms. The number of hydrogen-bond donors (Lipinski definition) is 0. The quantitative estimate of drug-likeness (QED) is 0.619. The van der Waals surface area contributed by atoms with Gasteiger partial charge in [0.25, 0.3) is 0 Å². The lowest BCUT2D eigenvalue weighted by atomic mass is 9.96. The topological polar surface area (TPSA) is 52.6 Å². The van der Waals surface area contributed by atoms with E-state index in [1.165, 1.54) is 13.8 Å². The molecule has 120 valence electrons. The van der Waals surface area contributed by atoms with Crippen LogP contribution in [-0.4, -0.2) is 18.2 Å². The second kappa shape index (κ2) is 7.58. The number of rotatable bonds is 5. The van der Waals surface area contributed by atoms with Crippen molar-refractivity contribution in [3.05, 3.63) is 59.7 Å². The lowest BCUT2D eigenvalue weighted by molar-refractivity contribution is -0.162. The molecule has 0 N–H and O–H groups in total. The molecule has 2 aromatic carbocycles. The van der Waals surface area contributed by atoms with E-state index >= 15 is 0 Å². The predicted molar refractivity (Wildman–Crippen MR) is 87.9 cm³/mol. The van der Waals surface area contributed by atoms with Gasteiger partial charge in [-0.05, 0) is 35.2 Å². The van der Waals surface area contributed by atoms with Crippen LogP contribution < -0.4 is 0 Å². The Bertz CT molecular complexity index is 692. The molecule has 2 rings (SSSR count). The molecule has 0 amide bonds. The van der Waals surface area contributed by atoms with E-state index in [1.807, 2.05) is 49.4 Å². The molecule has 1 atom stereocenters. The maximum Gasteiger partial charge on any atom is 0.341 e. The van der Waals surface area contributed by atoms with Crippen molar-refractivity contribution in [3.8, 4) is 11.1 Å². The van der Waals surface area contributed by atoms with Crippen molar-refractivity contribution in [3.63, 3.8) is 0 Å². The van der Waals surface area contributed by atoms with Crippen molar-refractivity contribution >= 4 is 11.9 Å². The Kier molecular flexibility index (Phi) is 5.52. The number of benzene rings is 2. The average Bonchev–Trinajstić information content (AvgIpc) is 2.54. The predicted octanol–water partition coefficient (Wildman–Crippen LogP) is 3.98. The van der Waals surface area contributed by atoms with Gasteiger partial charge in [0, 0.05) is 13.8 Å². The monoisotopic (exact) mass is 312 g/mol. The standard InChI is InChI=1S/C19H20O4/c1-4-15-12-17(19(21)23-14(3)22-13(2)20)10-11-18(15)16-8-6-5-7-9-16/h5-12,14H,4H2,1-3H3. The first kappa shape index (κ1) is 16.7. The Hall–Kier alpha value is -2.62. The summed E-state index contributed by atoms with van der Waals surface area (Å²) < 4.78 is 9.92. The van der Waals surface area contributed by atoms with Crippen LogP contribution in [0.5, 0.6) is 0 Å². The molecule has 0 spiro atoms. The minimum Gasteiger partial charge on any atom is -0.426 e. The van der Waals surface area contributed by atoms with E-state index in [-0.39, 0.29) is 0 Å². The normalized spacial score (nSPS) is 11.6. The van der Waals surface area contributed by atoms with Gasteiger partial charge in [0.2, 0.25) is 6.29 Å². The first-order valence-corrected chi connectivity index (χ1v) is 7.57.